The van der Waals surface area contributed by atoms with Crippen molar-refractivity contribution in [3.8, 4) is 34.4 Å². The summed E-state index contributed by atoms with van der Waals surface area (Å²) >= 11 is 6.47. The van der Waals surface area contributed by atoms with Crippen LogP contribution in [-0.4, -0.2) is 37.1 Å². The van der Waals surface area contributed by atoms with Crippen LogP contribution in [0.4, 0.5) is 4.39 Å². The molecule has 0 unspecified atom stereocenters. The Kier molecular flexibility index (Phi) is 5.84. The standard InChI is InChI=1S/C24H16ClFN6O2/c1-33-22-14-16(12-13-27-22)24-31-29-21(34-24)11-10-20-28-30-23(15-6-8-17(26)9-7-15)32(20)19-5-3-2-4-18(19)25/h2-14H,1H3. The fourth-order valence-corrected chi connectivity index (χ4v) is 3.50. The number of halogens is 2. The van der Waals surface area contributed by atoms with Gasteiger partial charge in [-0.2, -0.15) is 0 Å². The largest absolute Gasteiger partial charge is 0.481 e. The van der Waals surface area contributed by atoms with E-state index in [9.17, 15) is 4.39 Å². The van der Waals surface area contributed by atoms with Crippen molar-refractivity contribution >= 4 is 23.8 Å². The summed E-state index contributed by atoms with van der Waals surface area (Å²) in [6.07, 6.45) is 4.91. The molecule has 0 radical (unpaired) electrons. The minimum absolute atomic E-state index is 0.266. The van der Waals surface area contributed by atoms with Crippen LogP contribution in [0.5, 0.6) is 5.88 Å². The van der Waals surface area contributed by atoms with Gasteiger partial charge in [-0.25, -0.2) is 9.37 Å². The summed E-state index contributed by atoms with van der Waals surface area (Å²) in [5.41, 5.74) is 2.03. The van der Waals surface area contributed by atoms with E-state index in [1.54, 1.807) is 53.2 Å². The third-order valence-corrected chi connectivity index (χ3v) is 5.21. The molecule has 0 aliphatic carbocycles. The number of pyridine rings is 1. The number of hydrogen-bond acceptors (Lipinski definition) is 7. The van der Waals surface area contributed by atoms with E-state index < -0.39 is 0 Å². The summed E-state index contributed by atoms with van der Waals surface area (Å²) in [5.74, 6) is 1.66. The van der Waals surface area contributed by atoms with Gasteiger partial charge in [0, 0.05) is 29.5 Å². The molecule has 10 heteroatoms. The lowest BCUT2D eigenvalue weighted by molar-refractivity contribution is 0.398. The lowest BCUT2D eigenvalue weighted by Crippen LogP contribution is -2.01. The van der Waals surface area contributed by atoms with Crippen LogP contribution in [0.1, 0.15) is 11.7 Å². The maximum Gasteiger partial charge on any atom is 0.248 e. The lowest BCUT2D eigenvalue weighted by Gasteiger charge is -2.10. The summed E-state index contributed by atoms with van der Waals surface area (Å²) in [6, 6.07) is 16.7. The number of para-hydroxylation sites is 1. The van der Waals surface area contributed by atoms with Crippen LogP contribution < -0.4 is 4.74 Å². The number of benzene rings is 2. The van der Waals surface area contributed by atoms with Gasteiger partial charge in [0.05, 0.1) is 17.8 Å². The van der Waals surface area contributed by atoms with E-state index in [0.29, 0.717) is 45.3 Å². The third-order valence-electron chi connectivity index (χ3n) is 4.89. The van der Waals surface area contributed by atoms with Crippen molar-refractivity contribution in [2.24, 2.45) is 0 Å². The van der Waals surface area contributed by atoms with Crippen molar-refractivity contribution in [3.05, 3.63) is 89.4 Å². The van der Waals surface area contributed by atoms with Gasteiger partial charge < -0.3 is 9.15 Å². The van der Waals surface area contributed by atoms with Crippen molar-refractivity contribution in [1.29, 1.82) is 0 Å². The monoisotopic (exact) mass is 474 g/mol. The Bertz CT molecular complexity index is 1480. The van der Waals surface area contributed by atoms with Gasteiger partial charge >= 0.3 is 0 Å². The Balaban J connectivity index is 1.53. The summed E-state index contributed by atoms with van der Waals surface area (Å²) in [7, 11) is 1.53. The molecule has 2 aromatic carbocycles. The first-order valence-electron chi connectivity index (χ1n) is 10.1. The highest BCUT2D eigenvalue weighted by atomic mass is 35.5. The van der Waals surface area contributed by atoms with Crippen molar-refractivity contribution in [1.82, 2.24) is 29.9 Å². The van der Waals surface area contributed by atoms with Crippen molar-refractivity contribution in [2.75, 3.05) is 7.11 Å². The van der Waals surface area contributed by atoms with Gasteiger partial charge in [-0.05, 0) is 48.5 Å². The maximum absolute atomic E-state index is 13.5. The summed E-state index contributed by atoms with van der Waals surface area (Å²) in [6.45, 7) is 0. The van der Waals surface area contributed by atoms with E-state index in [1.807, 2.05) is 18.2 Å². The van der Waals surface area contributed by atoms with Crippen LogP contribution in [0.15, 0.2) is 71.3 Å². The van der Waals surface area contributed by atoms with Gasteiger partial charge in [0.2, 0.25) is 17.7 Å². The second-order valence-corrected chi connectivity index (χ2v) is 7.45. The maximum atomic E-state index is 13.5. The number of nitrogens with zero attached hydrogens (tertiary/aromatic N) is 6. The van der Waals surface area contributed by atoms with Crippen LogP contribution in [0.3, 0.4) is 0 Å². The molecule has 3 heterocycles. The molecule has 0 fully saturated rings. The zero-order valence-electron chi connectivity index (χ0n) is 17.8. The van der Waals surface area contributed by atoms with Gasteiger partial charge in [-0.1, -0.05) is 23.7 Å². The highest BCUT2D eigenvalue weighted by Crippen LogP contribution is 2.29. The normalized spacial score (nSPS) is 11.3. The number of ether oxygens (including phenoxy) is 1. The topological polar surface area (TPSA) is 91.8 Å². The molecule has 5 rings (SSSR count). The summed E-state index contributed by atoms with van der Waals surface area (Å²) in [5, 5.41) is 17.3. The van der Waals surface area contributed by atoms with Gasteiger partial charge in [0.1, 0.15) is 5.82 Å². The second kappa shape index (κ2) is 9.24. The van der Waals surface area contributed by atoms with Crippen molar-refractivity contribution < 1.29 is 13.5 Å². The molecule has 34 heavy (non-hydrogen) atoms. The molecule has 0 N–H and O–H groups in total. The average Bonchev–Trinajstić information content (AvgIpc) is 3.51. The van der Waals surface area contributed by atoms with Crippen molar-refractivity contribution in [3.63, 3.8) is 0 Å². The Morgan fingerprint density at radius 2 is 1.76 bits per heavy atom. The van der Waals surface area contributed by atoms with E-state index in [2.05, 4.69) is 25.4 Å². The first-order chi connectivity index (χ1) is 16.6. The van der Waals surface area contributed by atoms with Crippen LogP contribution in [-0.2, 0) is 0 Å². The van der Waals surface area contributed by atoms with Gasteiger partial charge in [-0.3, -0.25) is 4.57 Å². The number of methoxy groups -OCH3 is 1. The molecule has 0 aliphatic heterocycles. The minimum atomic E-state index is -0.341. The number of rotatable bonds is 6. The third kappa shape index (κ3) is 4.28. The van der Waals surface area contributed by atoms with E-state index in [0.717, 1.165) is 0 Å². The SMILES string of the molecule is COc1cc(-c2nnc(C=Cc3nnc(-c4ccc(F)cc4)n3-c3ccccc3Cl)o2)ccn1. The first kappa shape index (κ1) is 21.5. The first-order valence-corrected chi connectivity index (χ1v) is 10.5. The van der Waals surface area contributed by atoms with Crippen LogP contribution in [0, 0.1) is 5.82 Å². The zero-order chi connectivity index (χ0) is 23.5. The Labute approximate surface area is 198 Å². The molecule has 0 saturated heterocycles. The van der Waals surface area contributed by atoms with E-state index in [4.69, 9.17) is 20.8 Å². The quantitative estimate of drug-likeness (QED) is 0.327. The molecule has 168 valence electrons. The fraction of sp³-hybridized carbons (Fsp3) is 0.0417. The highest BCUT2D eigenvalue weighted by Gasteiger charge is 2.17. The Morgan fingerprint density at radius 1 is 0.941 bits per heavy atom. The van der Waals surface area contributed by atoms with Crippen LogP contribution in [0.25, 0.3) is 40.7 Å². The fourth-order valence-electron chi connectivity index (χ4n) is 3.28. The molecule has 8 nitrogen and oxygen atoms in total. The molecular weight excluding hydrogens is 459 g/mol. The molecule has 0 spiro atoms. The number of aromatic nitrogens is 6. The summed E-state index contributed by atoms with van der Waals surface area (Å²) in [4.78, 5) is 4.07. The second-order valence-electron chi connectivity index (χ2n) is 7.04. The Hall–Kier alpha value is -4.37. The molecule has 0 amide bonds. The van der Waals surface area contributed by atoms with Gasteiger partial charge in [0.15, 0.2) is 11.6 Å². The highest BCUT2D eigenvalue weighted by molar-refractivity contribution is 6.32. The molecule has 5 aromatic rings. The van der Waals surface area contributed by atoms with Gasteiger partial charge in [-0.15, -0.1) is 20.4 Å². The molecule has 0 aliphatic rings. The van der Waals surface area contributed by atoms with E-state index >= 15 is 0 Å². The molecule has 3 aromatic heterocycles. The minimum Gasteiger partial charge on any atom is -0.481 e. The predicted octanol–water partition coefficient (Wildman–Crippen LogP) is 5.35. The zero-order valence-corrected chi connectivity index (χ0v) is 18.5. The van der Waals surface area contributed by atoms with Crippen molar-refractivity contribution in [2.45, 2.75) is 0 Å². The molecular formula is C24H16ClFN6O2. The van der Waals surface area contributed by atoms with Crippen LogP contribution in [0.2, 0.25) is 5.02 Å². The van der Waals surface area contributed by atoms with Crippen LogP contribution >= 0.6 is 11.6 Å². The molecule has 0 saturated carbocycles. The Morgan fingerprint density at radius 3 is 2.56 bits per heavy atom. The smallest absolute Gasteiger partial charge is 0.248 e. The molecule has 0 atom stereocenters. The summed E-state index contributed by atoms with van der Waals surface area (Å²) < 4.78 is 26.1. The number of hydrogen-bond donors (Lipinski definition) is 0. The molecule has 0 bridgehead atoms. The average molecular weight is 475 g/mol. The van der Waals surface area contributed by atoms with E-state index in [1.165, 1.54) is 19.2 Å². The predicted molar refractivity (Wildman–Crippen MR) is 125 cm³/mol. The van der Waals surface area contributed by atoms with E-state index in [-0.39, 0.29) is 11.7 Å². The van der Waals surface area contributed by atoms with Gasteiger partial charge in [0.25, 0.3) is 0 Å². The lowest BCUT2D eigenvalue weighted by atomic mass is 10.2.